The summed E-state index contributed by atoms with van der Waals surface area (Å²) in [6.07, 6.45) is 2.54. The van der Waals surface area contributed by atoms with Crippen molar-refractivity contribution in [3.63, 3.8) is 0 Å². The second-order valence-corrected chi connectivity index (χ2v) is 12.4. The first kappa shape index (κ1) is 40.1. The van der Waals surface area contributed by atoms with Crippen molar-refractivity contribution in [2.24, 2.45) is 15.3 Å². The second kappa shape index (κ2) is 17.4. The van der Waals surface area contributed by atoms with Crippen LogP contribution in [0.1, 0.15) is 25.7 Å². The number of carbonyl (C=O) groups is 1. The molecule has 4 N–H and O–H groups in total. The summed E-state index contributed by atoms with van der Waals surface area (Å²) in [6.45, 7) is 0.412. The second-order valence-electron chi connectivity index (χ2n) is 9.69. The Morgan fingerprint density at radius 1 is 0.851 bits per heavy atom. The molecule has 0 fully saturated rings. The molecule has 1 amide bonds. The van der Waals surface area contributed by atoms with Crippen LogP contribution in [0.15, 0.2) is 91.9 Å². The monoisotopic (exact) mass is 697 g/mol. The van der Waals surface area contributed by atoms with Gasteiger partial charge < -0.3 is 25.3 Å². The average molecular weight is 698 g/mol. The van der Waals surface area contributed by atoms with Crippen LogP contribution in [-0.4, -0.2) is 43.5 Å². The Bertz CT molecular complexity index is 2060. The molecule has 4 aromatic rings. The van der Waals surface area contributed by atoms with Crippen molar-refractivity contribution in [3.8, 4) is 16.9 Å². The van der Waals surface area contributed by atoms with Gasteiger partial charge in [0.25, 0.3) is 0 Å². The van der Waals surface area contributed by atoms with Crippen LogP contribution in [0, 0.1) is 0 Å². The predicted octanol–water partition coefficient (Wildman–Crippen LogP) is -0.165. The van der Waals surface area contributed by atoms with Gasteiger partial charge in [-0.05, 0) is 65.9 Å². The number of phenols is 1. The van der Waals surface area contributed by atoms with Gasteiger partial charge in [0.2, 0.25) is 5.91 Å². The van der Waals surface area contributed by atoms with Crippen LogP contribution in [0.4, 0.5) is 22.7 Å². The minimum Gasteiger partial charge on any atom is -0.744 e. The van der Waals surface area contributed by atoms with E-state index >= 15 is 0 Å². The van der Waals surface area contributed by atoms with Crippen molar-refractivity contribution in [1.29, 1.82) is 0 Å². The molecule has 0 aromatic heterocycles. The number of azo groups is 1. The van der Waals surface area contributed by atoms with E-state index in [0.29, 0.717) is 36.8 Å². The summed E-state index contributed by atoms with van der Waals surface area (Å²) in [5.41, 5.74) is 15.8. The average Bonchev–Trinajstić information content (AvgIpc) is 2.98. The number of anilines is 2. The zero-order valence-corrected chi connectivity index (χ0v) is 31.0. The molecule has 0 aliphatic carbocycles. The third-order valence-corrected chi connectivity index (χ3v) is 8.38. The van der Waals surface area contributed by atoms with Crippen molar-refractivity contribution >= 4 is 59.7 Å². The van der Waals surface area contributed by atoms with Gasteiger partial charge in [0.05, 0.1) is 26.6 Å². The molecule has 0 aliphatic heterocycles. The SMILES string of the molecule is [N-]=[N+]=NCCCCCC(=O)Nc1ccc(-c2ccc(N=Nc3ccc4c(S(=O)(=O)[O-])cc(S(=O)(=O)[O-])c(N)c4c3O)cc2)cc1.[Na+].[Na+]. The van der Waals surface area contributed by atoms with Gasteiger partial charge in [-0.15, -0.1) is 5.11 Å². The van der Waals surface area contributed by atoms with Crippen molar-refractivity contribution in [3.05, 3.63) is 77.2 Å². The first-order chi connectivity index (χ1) is 21.3. The minimum absolute atomic E-state index is 0. The number of nitrogen functional groups attached to an aromatic ring is 1. The number of amides is 1. The fraction of sp³-hybridized carbons (Fsp3) is 0.179. The van der Waals surface area contributed by atoms with Crippen LogP contribution in [0.3, 0.4) is 0 Å². The third kappa shape index (κ3) is 10.5. The summed E-state index contributed by atoms with van der Waals surface area (Å²) in [5, 5.41) is 24.1. The largest absolute Gasteiger partial charge is 1.00 e. The van der Waals surface area contributed by atoms with Gasteiger partial charge in [-0.25, -0.2) is 16.8 Å². The Morgan fingerprint density at radius 2 is 1.45 bits per heavy atom. The Balaban J connectivity index is 0.00000384. The van der Waals surface area contributed by atoms with E-state index in [1.807, 2.05) is 12.1 Å². The fourth-order valence-electron chi connectivity index (χ4n) is 4.44. The van der Waals surface area contributed by atoms with E-state index in [2.05, 4.69) is 25.6 Å². The number of phenolic OH excluding ortho intramolecular Hbond substituents is 1. The zero-order valence-electron chi connectivity index (χ0n) is 25.3. The molecule has 0 heterocycles. The number of hydrogen-bond acceptors (Lipinski definition) is 12. The van der Waals surface area contributed by atoms with Gasteiger partial charge in [0, 0.05) is 29.0 Å². The number of nitrogens with one attached hydrogen (secondary N) is 1. The molecule has 0 bridgehead atoms. The van der Waals surface area contributed by atoms with Gasteiger partial charge in [-0.3, -0.25) is 4.79 Å². The van der Waals surface area contributed by atoms with Crippen molar-refractivity contribution in [2.45, 2.75) is 35.5 Å². The molecule has 19 heteroatoms. The van der Waals surface area contributed by atoms with Gasteiger partial charge in [-0.2, -0.15) is 5.11 Å². The maximum atomic E-state index is 12.2. The Hall–Kier alpha value is -3.06. The quantitative estimate of drug-likeness (QED) is 0.0337. The van der Waals surface area contributed by atoms with E-state index in [4.69, 9.17) is 11.3 Å². The number of benzene rings is 4. The summed E-state index contributed by atoms with van der Waals surface area (Å²) < 4.78 is 70.3. The third-order valence-electron chi connectivity index (χ3n) is 6.63. The molecule has 15 nitrogen and oxygen atoms in total. The van der Waals surface area contributed by atoms with Crippen molar-refractivity contribution in [2.75, 3.05) is 17.6 Å². The first-order valence-electron chi connectivity index (χ1n) is 13.2. The van der Waals surface area contributed by atoms with Crippen LogP contribution >= 0.6 is 0 Å². The molecule has 0 saturated carbocycles. The van der Waals surface area contributed by atoms with E-state index in [0.717, 1.165) is 36.1 Å². The van der Waals surface area contributed by atoms with Crippen molar-refractivity contribution < 1.29 is 95.0 Å². The van der Waals surface area contributed by atoms with Gasteiger partial charge in [0.1, 0.15) is 25.9 Å². The molecule has 0 radical (unpaired) electrons. The van der Waals surface area contributed by atoms with Crippen molar-refractivity contribution in [1.82, 2.24) is 0 Å². The number of rotatable bonds is 12. The summed E-state index contributed by atoms with van der Waals surface area (Å²) in [4.78, 5) is 12.6. The van der Waals surface area contributed by atoms with E-state index in [1.54, 1.807) is 36.4 Å². The van der Waals surface area contributed by atoms with Crippen LogP contribution in [0.5, 0.6) is 5.75 Å². The van der Waals surface area contributed by atoms with Crippen LogP contribution in [0.2, 0.25) is 0 Å². The number of nitrogens with two attached hydrogens (primary N) is 1. The normalized spacial score (nSPS) is 11.4. The summed E-state index contributed by atoms with van der Waals surface area (Å²) in [5.74, 6) is -0.897. The summed E-state index contributed by atoms with van der Waals surface area (Å²) >= 11 is 0. The van der Waals surface area contributed by atoms with Gasteiger partial charge in [0.15, 0.2) is 5.75 Å². The number of carbonyl (C=O) groups excluding carboxylic acids is 1. The standard InChI is InChI=1S/C28H27N7O8S2.2Na/c29-27-24(45(41,42)43)16-23(44(38,39)40)21-13-14-22(28(37)26(21)27)34-33-20-11-7-18(8-12-20)17-5-9-19(10-6-17)32-25(36)4-2-1-3-15-31-35-30;;/h5-14,16,37H,1-4,15,29H2,(H,32,36)(H,38,39,40)(H,41,42,43);;/q;2*+1/p-2. The molecule has 0 unspecified atom stereocenters. The number of unbranched alkanes of at least 4 members (excludes halogenated alkanes) is 2. The molecule has 4 aromatic carbocycles. The molecule has 0 saturated heterocycles. The molecule has 0 atom stereocenters. The minimum atomic E-state index is -5.31. The molecular formula is C28H25N7Na2O8S2. The molecule has 47 heavy (non-hydrogen) atoms. The van der Waals surface area contributed by atoms with E-state index in [9.17, 15) is 35.8 Å². The zero-order chi connectivity index (χ0) is 32.8. The fourth-order valence-corrected chi connectivity index (χ4v) is 5.85. The number of fused-ring (bicyclic) bond motifs is 1. The van der Waals surface area contributed by atoms with Gasteiger partial charge >= 0.3 is 59.1 Å². The van der Waals surface area contributed by atoms with Crippen LogP contribution in [0.25, 0.3) is 32.3 Å². The maximum Gasteiger partial charge on any atom is 1.00 e. The Labute approximate surface area is 314 Å². The Kier molecular flexibility index (Phi) is 14.8. The number of aromatic hydroxyl groups is 1. The first-order valence-corrected chi connectivity index (χ1v) is 16.0. The molecule has 0 spiro atoms. The Morgan fingerprint density at radius 3 is 2.02 bits per heavy atom. The van der Waals surface area contributed by atoms with E-state index in [1.165, 1.54) is 0 Å². The maximum absolute atomic E-state index is 12.2. The summed E-state index contributed by atoms with van der Waals surface area (Å²) in [6, 6.07) is 16.6. The molecule has 234 valence electrons. The predicted molar refractivity (Wildman–Crippen MR) is 163 cm³/mol. The molecule has 4 rings (SSSR count). The van der Waals surface area contributed by atoms with Gasteiger partial charge in [-0.1, -0.05) is 41.9 Å². The van der Waals surface area contributed by atoms with E-state index in [-0.39, 0.29) is 76.1 Å². The summed E-state index contributed by atoms with van der Waals surface area (Å²) in [7, 11) is -10.6. The van der Waals surface area contributed by atoms with Crippen LogP contribution < -0.4 is 70.2 Å². The van der Waals surface area contributed by atoms with Crippen LogP contribution in [-0.2, 0) is 25.0 Å². The molecular weight excluding hydrogens is 672 g/mol. The smallest absolute Gasteiger partial charge is 0.744 e. The topological polar surface area (TPSA) is 263 Å². The van der Waals surface area contributed by atoms with E-state index < -0.39 is 46.9 Å². The number of azide groups is 1. The number of nitrogens with zero attached hydrogens (tertiary/aromatic N) is 5. The number of hydrogen-bond donors (Lipinski definition) is 3. The molecule has 0 aliphatic rings.